The summed E-state index contributed by atoms with van der Waals surface area (Å²) >= 11 is 5.99. The summed E-state index contributed by atoms with van der Waals surface area (Å²) < 4.78 is 21.9. The van der Waals surface area contributed by atoms with Crippen molar-refractivity contribution >= 4 is 11.6 Å². The number of benzene rings is 3. The minimum absolute atomic E-state index is 0.0186. The lowest BCUT2D eigenvalue weighted by atomic mass is 10.1. The fraction of sp³-hybridized carbons (Fsp3) is 0.0769. The fourth-order valence-corrected chi connectivity index (χ4v) is 3.70. The molecular formula is C26H19ClFN5O3. The second-order valence-corrected chi connectivity index (χ2v) is 8.25. The summed E-state index contributed by atoms with van der Waals surface area (Å²) in [5.74, 6) is 0.0786. The molecule has 0 unspecified atom stereocenters. The Bertz CT molecular complexity index is 1550. The summed E-state index contributed by atoms with van der Waals surface area (Å²) in [6.07, 6.45) is 3.37. The molecule has 5 rings (SSSR count). The summed E-state index contributed by atoms with van der Waals surface area (Å²) in [4.78, 5) is 13.5. The van der Waals surface area contributed by atoms with E-state index in [1.807, 2.05) is 12.1 Å². The van der Waals surface area contributed by atoms with Gasteiger partial charge in [-0.3, -0.25) is 4.79 Å². The SMILES string of the molecule is O=c1c(Oc2ccc(-c3ccc(F)cc3)cc2)c(-n2cc(CCO)nn2)cnn1-c1ccc(Cl)cc1. The third-order valence-corrected chi connectivity index (χ3v) is 5.65. The van der Waals surface area contributed by atoms with E-state index in [1.54, 1.807) is 54.7 Å². The van der Waals surface area contributed by atoms with Gasteiger partial charge in [-0.15, -0.1) is 5.10 Å². The molecule has 0 atom stereocenters. The van der Waals surface area contributed by atoms with Crippen molar-refractivity contribution in [2.24, 2.45) is 0 Å². The average molecular weight is 504 g/mol. The number of hydrogen-bond acceptors (Lipinski definition) is 6. The molecule has 180 valence electrons. The van der Waals surface area contributed by atoms with Crippen LogP contribution in [0.1, 0.15) is 5.69 Å². The molecule has 3 aromatic carbocycles. The normalized spacial score (nSPS) is 11.0. The highest BCUT2D eigenvalue weighted by Gasteiger charge is 2.18. The molecule has 2 aromatic heterocycles. The maximum atomic E-state index is 13.5. The van der Waals surface area contributed by atoms with Gasteiger partial charge in [-0.1, -0.05) is 41.1 Å². The first-order chi connectivity index (χ1) is 17.5. The highest BCUT2D eigenvalue weighted by Crippen LogP contribution is 2.28. The third-order valence-electron chi connectivity index (χ3n) is 5.39. The molecule has 5 aromatic rings. The van der Waals surface area contributed by atoms with Crippen LogP contribution in [0.25, 0.3) is 22.5 Å². The van der Waals surface area contributed by atoms with Gasteiger partial charge in [-0.2, -0.15) is 9.78 Å². The molecule has 2 heterocycles. The molecule has 0 amide bonds. The average Bonchev–Trinajstić information content (AvgIpc) is 3.35. The standard InChI is InChI=1S/C26H19ClFN5O3/c27-19-5-9-22(10-6-19)33-26(35)25(24(15-29-33)32-16-21(13-14-34)30-31-32)36-23-11-3-18(4-12-23)17-1-7-20(28)8-2-17/h1-12,15-16,34H,13-14H2. The molecule has 36 heavy (non-hydrogen) atoms. The molecule has 0 aliphatic carbocycles. The quantitative estimate of drug-likeness (QED) is 0.349. The molecule has 0 radical (unpaired) electrons. The van der Waals surface area contributed by atoms with Crippen LogP contribution in [0.2, 0.25) is 5.02 Å². The van der Waals surface area contributed by atoms with E-state index < -0.39 is 5.56 Å². The predicted octanol–water partition coefficient (Wildman–Crippen LogP) is 4.60. The van der Waals surface area contributed by atoms with Crippen molar-refractivity contribution in [1.29, 1.82) is 0 Å². The van der Waals surface area contributed by atoms with Crippen LogP contribution >= 0.6 is 11.6 Å². The Morgan fingerprint density at radius 3 is 2.28 bits per heavy atom. The van der Waals surface area contributed by atoms with Crippen LogP contribution in [0.4, 0.5) is 4.39 Å². The molecule has 0 aliphatic rings. The van der Waals surface area contributed by atoms with Gasteiger partial charge in [0.25, 0.3) is 0 Å². The van der Waals surface area contributed by atoms with Crippen molar-refractivity contribution < 1.29 is 14.2 Å². The van der Waals surface area contributed by atoms with Gasteiger partial charge in [0.1, 0.15) is 17.3 Å². The Kier molecular flexibility index (Phi) is 6.57. The number of aromatic nitrogens is 5. The maximum Gasteiger partial charge on any atom is 0.316 e. The highest BCUT2D eigenvalue weighted by atomic mass is 35.5. The summed E-state index contributed by atoms with van der Waals surface area (Å²) in [6.45, 7) is -0.0845. The van der Waals surface area contributed by atoms with E-state index in [2.05, 4.69) is 15.4 Å². The smallest absolute Gasteiger partial charge is 0.316 e. The number of rotatable bonds is 7. The molecule has 0 bridgehead atoms. The molecule has 10 heteroatoms. The summed E-state index contributed by atoms with van der Waals surface area (Å²) in [5.41, 5.74) is 2.53. The van der Waals surface area contributed by atoms with E-state index in [9.17, 15) is 14.3 Å². The first-order valence-electron chi connectivity index (χ1n) is 11.0. The van der Waals surface area contributed by atoms with Crippen LogP contribution < -0.4 is 10.3 Å². The lowest BCUT2D eigenvalue weighted by Gasteiger charge is -2.13. The second kappa shape index (κ2) is 10.1. The number of halogens is 2. The summed E-state index contributed by atoms with van der Waals surface area (Å²) in [6, 6.07) is 19.9. The van der Waals surface area contributed by atoms with Crippen molar-refractivity contribution in [3.63, 3.8) is 0 Å². The van der Waals surface area contributed by atoms with E-state index in [0.29, 0.717) is 28.6 Å². The van der Waals surface area contributed by atoms with Crippen molar-refractivity contribution in [1.82, 2.24) is 24.8 Å². The van der Waals surface area contributed by atoms with Gasteiger partial charge in [0.05, 0.1) is 23.8 Å². The van der Waals surface area contributed by atoms with Crippen LogP contribution in [-0.2, 0) is 6.42 Å². The van der Waals surface area contributed by atoms with Crippen molar-refractivity contribution in [2.45, 2.75) is 6.42 Å². The molecule has 0 saturated carbocycles. The van der Waals surface area contributed by atoms with Crippen molar-refractivity contribution in [3.05, 3.63) is 112 Å². The van der Waals surface area contributed by atoms with Crippen molar-refractivity contribution in [3.8, 4) is 34.0 Å². The zero-order valence-corrected chi connectivity index (χ0v) is 19.5. The maximum absolute atomic E-state index is 13.5. The minimum Gasteiger partial charge on any atom is -0.449 e. The lowest BCUT2D eigenvalue weighted by Crippen LogP contribution is -2.24. The van der Waals surface area contributed by atoms with E-state index in [0.717, 1.165) is 11.1 Å². The van der Waals surface area contributed by atoms with Gasteiger partial charge in [0.2, 0.25) is 5.75 Å². The Morgan fingerprint density at radius 1 is 0.944 bits per heavy atom. The Morgan fingerprint density at radius 2 is 1.61 bits per heavy atom. The van der Waals surface area contributed by atoms with E-state index in [4.69, 9.17) is 16.3 Å². The predicted molar refractivity (Wildman–Crippen MR) is 132 cm³/mol. The Hall–Kier alpha value is -4.34. The first kappa shape index (κ1) is 23.4. The zero-order valence-electron chi connectivity index (χ0n) is 18.8. The van der Waals surface area contributed by atoms with Crippen LogP contribution in [-0.4, -0.2) is 36.5 Å². The molecule has 0 fully saturated rings. The lowest BCUT2D eigenvalue weighted by molar-refractivity contribution is 0.298. The van der Waals surface area contributed by atoms with Crippen LogP contribution in [0.3, 0.4) is 0 Å². The topological polar surface area (TPSA) is 95.1 Å². The largest absolute Gasteiger partial charge is 0.449 e. The number of aliphatic hydroxyl groups is 1. The van der Waals surface area contributed by atoms with Crippen LogP contribution in [0.5, 0.6) is 11.5 Å². The highest BCUT2D eigenvalue weighted by molar-refractivity contribution is 6.30. The summed E-state index contributed by atoms with van der Waals surface area (Å²) in [5, 5.41) is 22.1. The van der Waals surface area contributed by atoms with Crippen LogP contribution in [0.15, 0.2) is 90.0 Å². The van der Waals surface area contributed by atoms with Crippen molar-refractivity contribution in [2.75, 3.05) is 6.61 Å². The molecule has 1 N–H and O–H groups in total. The minimum atomic E-state index is -0.517. The fourth-order valence-electron chi connectivity index (χ4n) is 3.58. The molecule has 8 nitrogen and oxygen atoms in total. The second-order valence-electron chi connectivity index (χ2n) is 7.81. The van der Waals surface area contributed by atoms with Gasteiger partial charge in [-0.25, -0.2) is 9.07 Å². The number of aliphatic hydroxyl groups excluding tert-OH is 1. The van der Waals surface area contributed by atoms with E-state index in [1.165, 1.54) is 27.7 Å². The van der Waals surface area contributed by atoms with Gasteiger partial charge >= 0.3 is 5.56 Å². The van der Waals surface area contributed by atoms with Gasteiger partial charge in [-0.05, 0) is 59.7 Å². The van der Waals surface area contributed by atoms with Gasteiger partial charge in [0.15, 0.2) is 0 Å². The Balaban J connectivity index is 1.55. The third kappa shape index (κ3) is 4.88. The number of nitrogens with zero attached hydrogens (tertiary/aromatic N) is 5. The number of ether oxygens (including phenoxy) is 1. The van der Waals surface area contributed by atoms with Gasteiger partial charge < -0.3 is 9.84 Å². The summed E-state index contributed by atoms with van der Waals surface area (Å²) in [7, 11) is 0. The van der Waals surface area contributed by atoms with Gasteiger partial charge in [0, 0.05) is 18.1 Å². The zero-order chi connectivity index (χ0) is 25.1. The Labute approximate surface area is 209 Å². The number of hydrogen-bond donors (Lipinski definition) is 1. The monoisotopic (exact) mass is 503 g/mol. The first-order valence-corrected chi connectivity index (χ1v) is 11.3. The van der Waals surface area contributed by atoms with E-state index >= 15 is 0 Å². The molecular weight excluding hydrogens is 485 g/mol. The van der Waals surface area contributed by atoms with Crippen LogP contribution in [0, 0.1) is 5.82 Å². The molecule has 0 spiro atoms. The molecule has 0 saturated heterocycles. The van der Waals surface area contributed by atoms with E-state index in [-0.39, 0.29) is 23.9 Å². The molecule has 0 aliphatic heterocycles.